The zero-order valence-electron chi connectivity index (χ0n) is 31.9. The zero-order chi connectivity index (χ0) is 37.7. The lowest BCUT2D eigenvalue weighted by Gasteiger charge is -2.19. The summed E-state index contributed by atoms with van der Waals surface area (Å²) in [4.78, 5) is 34.7. The largest absolute Gasteiger partial charge is 0.472 e. The number of aliphatic hydroxyl groups excluding tert-OH is 1. The van der Waals surface area contributed by atoms with Crippen LogP contribution in [0.3, 0.4) is 0 Å². The van der Waals surface area contributed by atoms with Crippen LogP contribution in [0.15, 0.2) is 48.6 Å². The Bertz CT molecular complexity index is 998. The number of allylic oxidation sites excluding steroid dienone is 7. The van der Waals surface area contributed by atoms with Crippen molar-refractivity contribution in [2.24, 2.45) is 5.73 Å². The first kappa shape index (κ1) is 48.9. The van der Waals surface area contributed by atoms with Gasteiger partial charge in [-0.25, -0.2) is 4.57 Å². The van der Waals surface area contributed by atoms with Gasteiger partial charge in [-0.3, -0.25) is 18.6 Å². The Kier molecular flexibility index (Phi) is 34.8. The third-order valence-corrected chi connectivity index (χ3v) is 9.01. The molecular weight excluding hydrogens is 669 g/mol. The molecule has 0 radical (unpaired) electrons. The quantitative estimate of drug-likeness (QED) is 0.0245. The SMILES string of the molecule is CCCCCCCCCCCCCCC(=O)O[C@H](COC(=O)CCC/C=C\C/C=C\C/C=C\C/C=C\CC(O)CCC)COP(=O)(O)OCCN. The smallest absolute Gasteiger partial charge is 0.462 e. The lowest BCUT2D eigenvalue weighted by Crippen LogP contribution is -2.29. The normalized spacial score (nSPS) is 14.5. The molecule has 51 heavy (non-hydrogen) atoms. The number of carbonyl (C=O) groups excluding carboxylic acids is 2. The Labute approximate surface area is 309 Å². The fourth-order valence-electron chi connectivity index (χ4n) is 5.11. The van der Waals surface area contributed by atoms with Gasteiger partial charge in [0.2, 0.25) is 0 Å². The number of unbranched alkanes of at least 4 members (excludes halogenated alkanes) is 12. The van der Waals surface area contributed by atoms with Crippen molar-refractivity contribution in [3.05, 3.63) is 48.6 Å². The predicted octanol–water partition coefficient (Wildman–Crippen LogP) is 9.74. The van der Waals surface area contributed by atoms with E-state index in [1.54, 1.807) is 0 Å². The molecule has 0 saturated carbocycles. The fraction of sp³-hybridized carbons (Fsp3) is 0.750. The van der Waals surface area contributed by atoms with Gasteiger partial charge < -0.3 is 25.2 Å². The van der Waals surface area contributed by atoms with Crippen molar-refractivity contribution in [3.8, 4) is 0 Å². The molecule has 0 aliphatic carbocycles. The number of esters is 2. The van der Waals surface area contributed by atoms with Crippen molar-refractivity contribution in [1.29, 1.82) is 0 Å². The second-order valence-electron chi connectivity index (χ2n) is 13.0. The molecule has 0 spiro atoms. The molecule has 0 saturated heterocycles. The molecular formula is C40H72NO9P. The van der Waals surface area contributed by atoms with Gasteiger partial charge in [0.1, 0.15) is 6.61 Å². The number of phosphoric acid groups is 1. The molecule has 0 fully saturated rings. The number of carbonyl (C=O) groups is 2. The van der Waals surface area contributed by atoms with Crippen LogP contribution in [0.5, 0.6) is 0 Å². The molecule has 0 aromatic rings. The van der Waals surface area contributed by atoms with Gasteiger partial charge in [0.15, 0.2) is 6.10 Å². The van der Waals surface area contributed by atoms with E-state index in [1.165, 1.54) is 51.4 Å². The topological polar surface area (TPSA) is 155 Å². The third-order valence-electron chi connectivity index (χ3n) is 8.02. The Morgan fingerprint density at radius 2 is 1.20 bits per heavy atom. The first-order valence-electron chi connectivity index (χ1n) is 19.7. The summed E-state index contributed by atoms with van der Waals surface area (Å²) in [6, 6.07) is 0. The highest BCUT2D eigenvalue weighted by atomic mass is 31.2. The van der Waals surface area contributed by atoms with E-state index in [-0.39, 0.29) is 38.7 Å². The molecule has 3 atom stereocenters. The highest BCUT2D eigenvalue weighted by Gasteiger charge is 2.25. The summed E-state index contributed by atoms with van der Waals surface area (Å²) in [6.45, 7) is 3.44. The summed E-state index contributed by atoms with van der Waals surface area (Å²) in [5.41, 5.74) is 5.33. The van der Waals surface area contributed by atoms with E-state index < -0.39 is 32.5 Å². The van der Waals surface area contributed by atoms with Crippen molar-refractivity contribution in [2.75, 3.05) is 26.4 Å². The van der Waals surface area contributed by atoms with E-state index in [0.29, 0.717) is 19.3 Å². The first-order chi connectivity index (χ1) is 24.7. The molecule has 0 amide bonds. The van der Waals surface area contributed by atoms with Crippen molar-refractivity contribution in [3.63, 3.8) is 0 Å². The van der Waals surface area contributed by atoms with E-state index in [0.717, 1.165) is 57.8 Å². The Balaban J connectivity index is 4.32. The molecule has 0 aromatic carbocycles. The Morgan fingerprint density at radius 1 is 0.667 bits per heavy atom. The van der Waals surface area contributed by atoms with E-state index >= 15 is 0 Å². The van der Waals surface area contributed by atoms with E-state index in [4.69, 9.17) is 24.3 Å². The third kappa shape index (κ3) is 36.1. The Morgan fingerprint density at radius 3 is 1.76 bits per heavy atom. The maximum absolute atomic E-state index is 12.5. The van der Waals surface area contributed by atoms with Crippen molar-refractivity contribution >= 4 is 19.8 Å². The van der Waals surface area contributed by atoms with Gasteiger partial charge in [0.05, 0.1) is 19.3 Å². The van der Waals surface area contributed by atoms with Crippen LogP contribution in [0.4, 0.5) is 0 Å². The molecule has 11 heteroatoms. The van der Waals surface area contributed by atoms with E-state index in [2.05, 4.69) is 50.3 Å². The van der Waals surface area contributed by atoms with E-state index in [9.17, 15) is 24.2 Å². The lowest BCUT2D eigenvalue weighted by molar-refractivity contribution is -0.161. The standard InChI is InChI=1S/C40H72NO9P/c1-3-5-6-7-8-9-10-15-19-22-25-28-32-40(44)50-38(36-49-51(45,46)48-34-33-41)35-47-39(43)31-27-24-21-18-16-13-11-12-14-17-20-23-26-30-37(42)29-4-2/h11,13-14,17-18,21,23,26,37-38,42H,3-10,12,15-16,19-20,22,24-25,27-36,41H2,1-2H3,(H,45,46)/b13-11-,17-14-,21-18-,26-23-/t37?,38-/m1/s1. The molecule has 0 aliphatic rings. The van der Waals surface area contributed by atoms with E-state index in [1.807, 2.05) is 12.2 Å². The second kappa shape index (κ2) is 36.3. The molecule has 0 rings (SSSR count). The predicted molar refractivity (Wildman–Crippen MR) is 207 cm³/mol. The van der Waals surface area contributed by atoms with Crippen molar-refractivity contribution in [1.82, 2.24) is 0 Å². The van der Waals surface area contributed by atoms with Crippen LogP contribution >= 0.6 is 7.82 Å². The van der Waals surface area contributed by atoms with Crippen LogP contribution in [-0.2, 0) is 32.7 Å². The highest BCUT2D eigenvalue weighted by molar-refractivity contribution is 7.47. The molecule has 0 aliphatic heterocycles. The van der Waals surface area contributed by atoms with Crippen LogP contribution in [0.1, 0.15) is 155 Å². The van der Waals surface area contributed by atoms with Crippen LogP contribution in [-0.4, -0.2) is 60.5 Å². The van der Waals surface area contributed by atoms with Crippen molar-refractivity contribution < 1.29 is 42.7 Å². The monoisotopic (exact) mass is 741 g/mol. The van der Waals surface area contributed by atoms with Crippen LogP contribution < -0.4 is 5.73 Å². The number of aliphatic hydroxyl groups is 1. The zero-order valence-corrected chi connectivity index (χ0v) is 32.8. The van der Waals surface area contributed by atoms with Gasteiger partial charge >= 0.3 is 19.8 Å². The highest BCUT2D eigenvalue weighted by Crippen LogP contribution is 2.43. The molecule has 10 nitrogen and oxygen atoms in total. The summed E-state index contributed by atoms with van der Waals surface area (Å²) in [7, 11) is -4.39. The van der Waals surface area contributed by atoms with Crippen LogP contribution in [0.25, 0.3) is 0 Å². The molecule has 4 N–H and O–H groups in total. The summed E-state index contributed by atoms with van der Waals surface area (Å²) >= 11 is 0. The van der Waals surface area contributed by atoms with Gasteiger partial charge in [-0.1, -0.05) is 140 Å². The number of rotatable bonds is 36. The van der Waals surface area contributed by atoms with Crippen LogP contribution in [0.2, 0.25) is 0 Å². The fourth-order valence-corrected chi connectivity index (χ4v) is 5.88. The lowest BCUT2D eigenvalue weighted by atomic mass is 10.0. The number of ether oxygens (including phenoxy) is 2. The molecule has 296 valence electrons. The summed E-state index contributed by atoms with van der Waals surface area (Å²) in [5, 5.41) is 9.71. The van der Waals surface area contributed by atoms with Gasteiger partial charge in [-0.2, -0.15) is 0 Å². The summed E-state index contributed by atoms with van der Waals surface area (Å²) < 4.78 is 32.6. The number of nitrogens with two attached hydrogens (primary N) is 1. The number of hydrogen-bond donors (Lipinski definition) is 3. The Hall–Kier alpha value is -2.07. The minimum Gasteiger partial charge on any atom is -0.462 e. The number of phosphoric ester groups is 1. The van der Waals surface area contributed by atoms with Crippen molar-refractivity contribution in [2.45, 2.75) is 167 Å². The average molecular weight is 742 g/mol. The average Bonchev–Trinajstić information content (AvgIpc) is 3.10. The number of hydrogen-bond acceptors (Lipinski definition) is 9. The van der Waals surface area contributed by atoms with Crippen LogP contribution in [0, 0.1) is 0 Å². The van der Waals surface area contributed by atoms with Gasteiger partial charge in [0.25, 0.3) is 0 Å². The summed E-state index contributed by atoms with van der Waals surface area (Å²) in [6.07, 6.45) is 36.4. The maximum atomic E-state index is 12.5. The molecule has 0 heterocycles. The first-order valence-corrected chi connectivity index (χ1v) is 21.2. The summed E-state index contributed by atoms with van der Waals surface area (Å²) in [5.74, 6) is -0.917. The van der Waals surface area contributed by atoms with Gasteiger partial charge in [0, 0.05) is 19.4 Å². The second-order valence-corrected chi connectivity index (χ2v) is 14.4. The maximum Gasteiger partial charge on any atom is 0.472 e. The molecule has 0 aromatic heterocycles. The molecule has 2 unspecified atom stereocenters. The van der Waals surface area contributed by atoms with Gasteiger partial charge in [-0.05, 0) is 51.4 Å². The molecule has 0 bridgehead atoms. The minimum absolute atomic E-state index is 0.0398. The van der Waals surface area contributed by atoms with Gasteiger partial charge in [-0.15, -0.1) is 0 Å². The minimum atomic E-state index is -4.39.